The third-order valence-electron chi connectivity index (χ3n) is 16.9. The van der Waals surface area contributed by atoms with Crippen molar-refractivity contribution in [1.82, 2.24) is 0 Å². The molecule has 0 aromatic heterocycles. The van der Waals surface area contributed by atoms with Crippen molar-refractivity contribution in [3.63, 3.8) is 0 Å². The molecule has 0 aliphatic rings. The van der Waals surface area contributed by atoms with Crippen molar-refractivity contribution < 1.29 is 80.2 Å². The van der Waals surface area contributed by atoms with Crippen molar-refractivity contribution in [2.75, 3.05) is 39.6 Å². The number of allylic oxidation sites excluding steroid dienone is 4. The number of carbonyl (C=O) groups excluding carboxylic acids is 4. The molecule has 0 fully saturated rings. The molecule has 548 valence electrons. The van der Waals surface area contributed by atoms with Crippen molar-refractivity contribution in [2.24, 2.45) is 17.8 Å². The van der Waals surface area contributed by atoms with Gasteiger partial charge in [-0.2, -0.15) is 0 Å². The molecule has 0 aromatic rings. The van der Waals surface area contributed by atoms with Crippen LogP contribution in [0, 0.1) is 17.8 Å². The molecule has 93 heavy (non-hydrogen) atoms. The van der Waals surface area contributed by atoms with E-state index in [4.69, 9.17) is 37.0 Å². The van der Waals surface area contributed by atoms with Crippen molar-refractivity contribution in [1.29, 1.82) is 0 Å². The van der Waals surface area contributed by atoms with Crippen LogP contribution in [-0.2, 0) is 65.4 Å². The van der Waals surface area contributed by atoms with Gasteiger partial charge in [-0.05, 0) is 69.1 Å². The van der Waals surface area contributed by atoms with Gasteiger partial charge in [0.1, 0.15) is 19.3 Å². The Kier molecular flexibility index (Phi) is 62.5. The van der Waals surface area contributed by atoms with E-state index < -0.39 is 97.5 Å². The molecule has 19 heteroatoms. The number of unbranched alkanes of at least 4 members (excludes halogenated alkanes) is 34. The summed E-state index contributed by atoms with van der Waals surface area (Å²) in [5.41, 5.74) is 0. The third kappa shape index (κ3) is 66.6. The largest absolute Gasteiger partial charge is 0.472 e. The second kappa shape index (κ2) is 64.2. The van der Waals surface area contributed by atoms with E-state index in [1.165, 1.54) is 135 Å². The molecular formula is C74H140O17P2. The summed E-state index contributed by atoms with van der Waals surface area (Å²) in [6, 6.07) is 0. The molecule has 0 saturated carbocycles. The zero-order chi connectivity index (χ0) is 68.7. The van der Waals surface area contributed by atoms with Crippen LogP contribution in [0.15, 0.2) is 24.3 Å². The third-order valence-corrected chi connectivity index (χ3v) is 18.8. The van der Waals surface area contributed by atoms with E-state index in [1.807, 2.05) is 0 Å². The fourth-order valence-corrected chi connectivity index (χ4v) is 12.3. The maximum absolute atomic E-state index is 13.1. The van der Waals surface area contributed by atoms with E-state index in [0.717, 1.165) is 127 Å². The van der Waals surface area contributed by atoms with Crippen LogP contribution < -0.4 is 0 Å². The van der Waals surface area contributed by atoms with Gasteiger partial charge in [-0.1, -0.05) is 297 Å². The van der Waals surface area contributed by atoms with Gasteiger partial charge in [0.2, 0.25) is 0 Å². The second-order valence-electron chi connectivity index (χ2n) is 27.2. The number of carbonyl (C=O) groups is 4. The summed E-state index contributed by atoms with van der Waals surface area (Å²) < 4.78 is 68.4. The Morgan fingerprint density at radius 2 is 0.634 bits per heavy atom. The molecule has 0 spiro atoms. The number of hydrogen-bond donors (Lipinski definition) is 3. The monoisotopic (exact) mass is 1360 g/mol. The summed E-state index contributed by atoms with van der Waals surface area (Å²) in [6.45, 7) is 11.7. The minimum absolute atomic E-state index is 0.100. The molecule has 0 aromatic carbocycles. The van der Waals surface area contributed by atoms with Gasteiger partial charge >= 0.3 is 39.5 Å². The molecule has 3 unspecified atom stereocenters. The average molecular weight is 1360 g/mol. The summed E-state index contributed by atoms with van der Waals surface area (Å²) in [4.78, 5) is 72.7. The van der Waals surface area contributed by atoms with Crippen molar-refractivity contribution in [3.05, 3.63) is 24.3 Å². The van der Waals surface area contributed by atoms with E-state index in [0.29, 0.717) is 31.6 Å². The Morgan fingerprint density at radius 3 is 0.957 bits per heavy atom. The number of hydrogen-bond acceptors (Lipinski definition) is 15. The average Bonchev–Trinajstić information content (AvgIpc) is 2.11. The Bertz CT molecular complexity index is 1910. The summed E-state index contributed by atoms with van der Waals surface area (Å²) in [6.07, 6.45) is 52.2. The molecule has 6 atom stereocenters. The highest BCUT2D eigenvalue weighted by atomic mass is 31.2. The zero-order valence-electron chi connectivity index (χ0n) is 60.2. The van der Waals surface area contributed by atoms with Crippen LogP contribution in [0.25, 0.3) is 0 Å². The van der Waals surface area contributed by atoms with Crippen LogP contribution in [-0.4, -0.2) is 96.7 Å². The molecule has 0 radical (unpaired) electrons. The Labute approximate surface area is 567 Å². The molecular weight excluding hydrogens is 1220 g/mol. The van der Waals surface area contributed by atoms with Gasteiger partial charge in [0.15, 0.2) is 12.2 Å². The first-order chi connectivity index (χ1) is 44.8. The molecule has 0 amide bonds. The molecule has 17 nitrogen and oxygen atoms in total. The second-order valence-corrected chi connectivity index (χ2v) is 30.1. The lowest BCUT2D eigenvalue weighted by Gasteiger charge is -2.21. The Balaban J connectivity index is 5.28. The first-order valence-corrected chi connectivity index (χ1v) is 40.7. The van der Waals surface area contributed by atoms with E-state index in [2.05, 4.69) is 72.8 Å². The van der Waals surface area contributed by atoms with Crippen molar-refractivity contribution in [3.8, 4) is 0 Å². The van der Waals surface area contributed by atoms with E-state index in [-0.39, 0.29) is 25.7 Å². The standard InChI is InChI=1S/C74H140O17P2/c1-8-10-11-12-13-14-15-16-17-21-24-27-33-41-48-55-71(76)84-61-69(90-73(78)57-50-43-34-28-25-22-19-18-20-23-26-31-38-45-52-65(3)4)63-88-92(80,81)86-59-68(75)60-87-93(82,83)89-64-70(62-85-72(77)56-49-42-37-36-40-47-54-67(7)9-2)91-74(79)58-51-44-35-30-29-32-39-46-53-66(5)6/h14-17,65-70,75H,8-13,18-64H2,1-7H3,(H,80,81)(H,82,83)/b15-14-,17-16-/t67?,68-,69-,70-/m1/s1. The zero-order valence-corrected chi connectivity index (χ0v) is 62.0. The molecule has 0 rings (SSSR count). The van der Waals surface area contributed by atoms with Crippen molar-refractivity contribution in [2.45, 2.75) is 369 Å². The minimum Gasteiger partial charge on any atom is -0.462 e. The summed E-state index contributed by atoms with van der Waals surface area (Å²) in [7, 11) is -9.92. The first-order valence-electron chi connectivity index (χ1n) is 37.7. The van der Waals surface area contributed by atoms with Crippen LogP contribution in [0.5, 0.6) is 0 Å². The van der Waals surface area contributed by atoms with Crippen LogP contribution in [0.3, 0.4) is 0 Å². The van der Waals surface area contributed by atoms with Gasteiger partial charge in [-0.25, -0.2) is 9.13 Å². The minimum atomic E-state index is -4.96. The summed E-state index contributed by atoms with van der Waals surface area (Å²) in [5.74, 6) is 0.0848. The van der Waals surface area contributed by atoms with E-state index in [1.54, 1.807) is 0 Å². The lowest BCUT2D eigenvalue weighted by Crippen LogP contribution is -2.30. The quantitative estimate of drug-likeness (QED) is 0.0169. The fourth-order valence-electron chi connectivity index (χ4n) is 10.7. The predicted molar refractivity (Wildman–Crippen MR) is 377 cm³/mol. The highest BCUT2D eigenvalue weighted by molar-refractivity contribution is 7.47. The Hall–Kier alpha value is -2.46. The summed E-state index contributed by atoms with van der Waals surface area (Å²) >= 11 is 0. The number of phosphoric acid groups is 2. The van der Waals surface area contributed by atoms with Crippen LogP contribution >= 0.6 is 15.6 Å². The predicted octanol–water partition coefficient (Wildman–Crippen LogP) is 21.0. The molecule has 0 heterocycles. The van der Waals surface area contributed by atoms with Crippen LogP contribution in [0.4, 0.5) is 0 Å². The number of esters is 4. The van der Waals surface area contributed by atoms with Crippen molar-refractivity contribution >= 4 is 39.5 Å². The first kappa shape index (κ1) is 90.5. The normalized spacial score (nSPS) is 14.6. The van der Waals surface area contributed by atoms with Gasteiger partial charge < -0.3 is 33.8 Å². The van der Waals surface area contributed by atoms with E-state index >= 15 is 0 Å². The maximum Gasteiger partial charge on any atom is 0.472 e. The lowest BCUT2D eigenvalue weighted by molar-refractivity contribution is -0.161. The smallest absolute Gasteiger partial charge is 0.462 e. The van der Waals surface area contributed by atoms with Gasteiger partial charge in [0, 0.05) is 25.7 Å². The summed E-state index contributed by atoms with van der Waals surface area (Å²) in [5, 5.41) is 10.6. The number of aliphatic hydroxyl groups excluding tert-OH is 1. The van der Waals surface area contributed by atoms with Gasteiger partial charge in [-0.15, -0.1) is 0 Å². The highest BCUT2D eigenvalue weighted by Crippen LogP contribution is 2.45. The van der Waals surface area contributed by atoms with Crippen LogP contribution in [0.1, 0.15) is 350 Å². The molecule has 0 aliphatic carbocycles. The van der Waals surface area contributed by atoms with Gasteiger partial charge in [-0.3, -0.25) is 37.3 Å². The van der Waals surface area contributed by atoms with Gasteiger partial charge in [0.25, 0.3) is 0 Å². The van der Waals surface area contributed by atoms with Gasteiger partial charge in [0.05, 0.1) is 26.4 Å². The SMILES string of the molecule is CCCCCC/C=C\C=C/CCCCCCCC(=O)OC[C@H](COP(=O)(O)OC[C@@H](O)COP(=O)(O)OC[C@@H](COC(=O)CCCCCCCCC(C)CC)OC(=O)CCCCCCCCCCC(C)C)OC(=O)CCCCCCCCCCCCCCCCC(C)C. The number of ether oxygens (including phenoxy) is 4. The van der Waals surface area contributed by atoms with Crippen LogP contribution in [0.2, 0.25) is 0 Å². The lowest BCUT2D eigenvalue weighted by atomic mass is 10.00. The fraction of sp³-hybridized carbons (Fsp3) is 0.892. The molecule has 3 N–H and O–H groups in total. The molecule has 0 aliphatic heterocycles. The molecule has 0 saturated heterocycles. The highest BCUT2D eigenvalue weighted by Gasteiger charge is 2.30. The van der Waals surface area contributed by atoms with E-state index in [9.17, 15) is 43.2 Å². The Morgan fingerprint density at radius 1 is 0.355 bits per heavy atom. The number of aliphatic hydroxyl groups is 1. The number of phosphoric ester groups is 2. The topological polar surface area (TPSA) is 237 Å². The maximum atomic E-state index is 13.1. The molecule has 0 bridgehead atoms. The number of rotatable bonds is 70.